The van der Waals surface area contributed by atoms with Crippen LogP contribution >= 0.6 is 11.6 Å². The van der Waals surface area contributed by atoms with Gasteiger partial charge in [0.2, 0.25) is 0 Å². The molecule has 0 atom stereocenters. The first-order valence-electron chi connectivity index (χ1n) is 11.6. The van der Waals surface area contributed by atoms with E-state index in [-0.39, 0.29) is 5.56 Å². The van der Waals surface area contributed by atoms with Crippen molar-refractivity contribution in [1.29, 1.82) is 0 Å². The zero-order chi connectivity index (χ0) is 22.9. The van der Waals surface area contributed by atoms with Gasteiger partial charge in [-0.05, 0) is 44.4 Å². The van der Waals surface area contributed by atoms with Crippen molar-refractivity contribution in [2.24, 2.45) is 0 Å². The topological polar surface area (TPSA) is 47.9 Å². The number of hydrogen-bond acceptors (Lipinski definition) is 6. The van der Waals surface area contributed by atoms with Gasteiger partial charge in [-0.1, -0.05) is 23.7 Å². The summed E-state index contributed by atoms with van der Waals surface area (Å²) >= 11 is 6.56. The summed E-state index contributed by atoms with van der Waals surface area (Å²) < 4.78 is 1.72. The monoisotopic (exact) mass is 466 g/mol. The van der Waals surface area contributed by atoms with E-state index < -0.39 is 0 Å². The molecule has 1 aromatic heterocycles. The summed E-state index contributed by atoms with van der Waals surface area (Å²) in [6.45, 7) is 8.49. The molecule has 7 nitrogen and oxygen atoms in total. The predicted octanol–water partition coefficient (Wildman–Crippen LogP) is 2.54. The number of anilines is 1. The minimum absolute atomic E-state index is 0.0618. The maximum atomic E-state index is 13.9. The van der Waals surface area contributed by atoms with E-state index in [0.29, 0.717) is 22.6 Å². The lowest BCUT2D eigenvalue weighted by Crippen LogP contribution is -2.45. The van der Waals surface area contributed by atoms with Crippen LogP contribution in [0.2, 0.25) is 5.02 Å². The molecule has 8 heteroatoms. The highest BCUT2D eigenvalue weighted by Gasteiger charge is 2.21. The molecule has 2 fully saturated rings. The van der Waals surface area contributed by atoms with Gasteiger partial charge >= 0.3 is 0 Å². The average Bonchev–Trinajstić information content (AvgIpc) is 2.82. The number of rotatable bonds is 4. The summed E-state index contributed by atoms with van der Waals surface area (Å²) in [4.78, 5) is 28.2. The number of likely N-dealkylation sites (N-methyl/N-ethyl adjacent to an activating group) is 2. The second kappa shape index (κ2) is 9.43. The molecule has 0 amide bonds. The molecule has 2 saturated heterocycles. The average molecular weight is 467 g/mol. The van der Waals surface area contributed by atoms with E-state index in [9.17, 15) is 4.79 Å². The van der Waals surface area contributed by atoms with Gasteiger partial charge in [-0.2, -0.15) is 0 Å². The lowest BCUT2D eigenvalue weighted by molar-refractivity contribution is 0.144. The molecular weight excluding hydrogens is 436 g/mol. The van der Waals surface area contributed by atoms with Crippen molar-refractivity contribution in [2.75, 3.05) is 71.4 Å². The number of aromatic nitrogens is 2. The van der Waals surface area contributed by atoms with Crippen molar-refractivity contribution in [3.8, 4) is 5.69 Å². The minimum atomic E-state index is -0.0618. The Balaban J connectivity index is 1.59. The number of fused-ring (bicyclic) bond motifs is 1. The van der Waals surface area contributed by atoms with Crippen molar-refractivity contribution in [3.05, 3.63) is 63.7 Å². The van der Waals surface area contributed by atoms with Crippen LogP contribution in [0.5, 0.6) is 0 Å². The van der Waals surface area contributed by atoms with Crippen LogP contribution in [-0.4, -0.2) is 90.7 Å². The molecule has 3 aromatic rings. The SMILES string of the molecule is CN1CCN(Cc2nc3ccc(N4CCN(C)CC4)cc3c(=O)n2-c2ccccc2Cl)CC1. The van der Waals surface area contributed by atoms with E-state index in [2.05, 4.69) is 39.8 Å². The zero-order valence-corrected chi connectivity index (χ0v) is 20.1. The molecule has 0 radical (unpaired) electrons. The smallest absolute Gasteiger partial charge is 0.266 e. The van der Waals surface area contributed by atoms with Crippen LogP contribution in [0.4, 0.5) is 5.69 Å². The maximum Gasteiger partial charge on any atom is 0.266 e. The van der Waals surface area contributed by atoms with Crippen LogP contribution < -0.4 is 10.5 Å². The van der Waals surface area contributed by atoms with E-state index in [4.69, 9.17) is 16.6 Å². The van der Waals surface area contributed by atoms with Crippen LogP contribution in [-0.2, 0) is 6.54 Å². The number of halogens is 1. The van der Waals surface area contributed by atoms with Gasteiger partial charge in [-0.15, -0.1) is 0 Å². The second-order valence-corrected chi connectivity index (χ2v) is 9.60. The molecule has 0 N–H and O–H groups in total. The van der Waals surface area contributed by atoms with Gasteiger partial charge in [0, 0.05) is 58.0 Å². The third-order valence-electron chi connectivity index (χ3n) is 6.84. The molecule has 5 rings (SSSR count). The minimum Gasteiger partial charge on any atom is -0.369 e. The second-order valence-electron chi connectivity index (χ2n) is 9.19. The van der Waals surface area contributed by atoms with Crippen molar-refractivity contribution in [1.82, 2.24) is 24.3 Å². The number of benzene rings is 2. The van der Waals surface area contributed by atoms with Crippen LogP contribution in [0.1, 0.15) is 5.82 Å². The fourth-order valence-corrected chi connectivity index (χ4v) is 4.89. The van der Waals surface area contributed by atoms with E-state index in [0.717, 1.165) is 69.4 Å². The first kappa shape index (κ1) is 22.3. The lowest BCUT2D eigenvalue weighted by Gasteiger charge is -2.34. The summed E-state index contributed by atoms with van der Waals surface area (Å²) in [5.74, 6) is 0.734. The largest absolute Gasteiger partial charge is 0.369 e. The zero-order valence-electron chi connectivity index (χ0n) is 19.4. The normalized spacial score (nSPS) is 18.8. The molecule has 0 bridgehead atoms. The summed E-state index contributed by atoms with van der Waals surface area (Å²) in [6, 6.07) is 13.6. The van der Waals surface area contributed by atoms with Gasteiger partial charge in [-0.25, -0.2) is 4.98 Å². The van der Waals surface area contributed by atoms with Gasteiger partial charge in [0.15, 0.2) is 0 Å². The van der Waals surface area contributed by atoms with Crippen molar-refractivity contribution in [2.45, 2.75) is 6.54 Å². The summed E-state index contributed by atoms with van der Waals surface area (Å²) in [7, 11) is 4.29. The van der Waals surface area contributed by atoms with Gasteiger partial charge in [0.05, 0.1) is 28.2 Å². The molecule has 0 spiro atoms. The highest BCUT2D eigenvalue weighted by Crippen LogP contribution is 2.24. The lowest BCUT2D eigenvalue weighted by atomic mass is 10.1. The van der Waals surface area contributed by atoms with Crippen molar-refractivity contribution in [3.63, 3.8) is 0 Å². The van der Waals surface area contributed by atoms with Gasteiger partial charge in [0.25, 0.3) is 5.56 Å². The number of nitrogens with zero attached hydrogens (tertiary/aromatic N) is 6. The Morgan fingerprint density at radius 3 is 2.24 bits per heavy atom. The van der Waals surface area contributed by atoms with Crippen molar-refractivity contribution >= 4 is 28.2 Å². The summed E-state index contributed by atoms with van der Waals surface area (Å²) in [6.07, 6.45) is 0. The molecule has 0 saturated carbocycles. The molecule has 0 unspecified atom stereocenters. The number of para-hydroxylation sites is 1. The molecular formula is C25H31ClN6O. The van der Waals surface area contributed by atoms with E-state index in [1.165, 1.54) is 0 Å². The Morgan fingerprint density at radius 2 is 1.55 bits per heavy atom. The Labute approximate surface area is 199 Å². The highest BCUT2D eigenvalue weighted by molar-refractivity contribution is 6.32. The van der Waals surface area contributed by atoms with Crippen LogP contribution in [0, 0.1) is 0 Å². The summed E-state index contributed by atoms with van der Waals surface area (Å²) in [5.41, 5.74) is 2.44. The molecule has 0 aliphatic carbocycles. The van der Waals surface area contributed by atoms with E-state index in [1.54, 1.807) is 4.57 Å². The quantitative estimate of drug-likeness (QED) is 0.589. The fraction of sp³-hybridized carbons (Fsp3) is 0.440. The molecule has 3 heterocycles. The maximum absolute atomic E-state index is 13.9. The van der Waals surface area contributed by atoms with E-state index in [1.807, 2.05) is 36.4 Å². The first-order valence-corrected chi connectivity index (χ1v) is 12.0. The number of piperazine rings is 2. The van der Waals surface area contributed by atoms with Crippen LogP contribution in [0.15, 0.2) is 47.3 Å². The molecule has 174 valence electrons. The van der Waals surface area contributed by atoms with Crippen LogP contribution in [0.25, 0.3) is 16.6 Å². The summed E-state index contributed by atoms with van der Waals surface area (Å²) in [5, 5.41) is 1.18. The molecule has 33 heavy (non-hydrogen) atoms. The Kier molecular flexibility index (Phi) is 6.38. The molecule has 2 aromatic carbocycles. The third kappa shape index (κ3) is 4.64. The van der Waals surface area contributed by atoms with Crippen molar-refractivity contribution < 1.29 is 0 Å². The van der Waals surface area contributed by atoms with Crippen LogP contribution in [0.3, 0.4) is 0 Å². The Hall–Kier alpha value is -2.45. The van der Waals surface area contributed by atoms with Gasteiger partial charge in [-0.3, -0.25) is 14.3 Å². The van der Waals surface area contributed by atoms with Gasteiger partial charge in [0.1, 0.15) is 5.82 Å². The standard InChI is InChI=1S/C25H31ClN6O/c1-28-9-13-30(14-10-28)18-24-27-22-8-7-19(31-15-11-29(2)12-16-31)17-20(22)25(33)32(24)23-6-4-3-5-21(23)26/h3-8,17H,9-16,18H2,1-2H3. The Morgan fingerprint density at radius 1 is 0.879 bits per heavy atom. The molecule has 2 aliphatic heterocycles. The van der Waals surface area contributed by atoms with Gasteiger partial charge < -0.3 is 14.7 Å². The third-order valence-corrected chi connectivity index (χ3v) is 7.16. The predicted molar refractivity (Wildman–Crippen MR) is 135 cm³/mol. The Bertz CT molecular complexity index is 1200. The molecule has 2 aliphatic rings. The number of hydrogen-bond donors (Lipinski definition) is 0. The van der Waals surface area contributed by atoms with E-state index >= 15 is 0 Å². The highest BCUT2D eigenvalue weighted by atomic mass is 35.5. The first-order chi connectivity index (χ1) is 16.0. The fourth-order valence-electron chi connectivity index (χ4n) is 4.67.